The second-order valence-electron chi connectivity index (χ2n) is 3.72. The van der Waals surface area contributed by atoms with Crippen molar-refractivity contribution < 1.29 is 9.53 Å². The summed E-state index contributed by atoms with van der Waals surface area (Å²) in [6, 6.07) is 9.67. The molecule has 1 amide bonds. The van der Waals surface area contributed by atoms with Crippen LogP contribution >= 0.6 is 0 Å². The predicted octanol–water partition coefficient (Wildman–Crippen LogP) is 1.43. The Morgan fingerprint density at radius 3 is 2.63 bits per heavy atom. The van der Waals surface area contributed by atoms with E-state index in [0.29, 0.717) is 22.6 Å². The van der Waals surface area contributed by atoms with Gasteiger partial charge in [0.1, 0.15) is 0 Å². The highest BCUT2D eigenvalue weighted by molar-refractivity contribution is 5.92. The monoisotopic (exact) mass is 254 g/mol. The van der Waals surface area contributed by atoms with Crippen LogP contribution in [0.2, 0.25) is 0 Å². The zero-order valence-electron chi connectivity index (χ0n) is 9.83. The van der Waals surface area contributed by atoms with Gasteiger partial charge in [0.05, 0.1) is 22.9 Å². The summed E-state index contributed by atoms with van der Waals surface area (Å²) in [5, 5.41) is 8.72. The Morgan fingerprint density at radius 2 is 2.11 bits per heavy atom. The number of nitrogen functional groups attached to an aromatic ring is 1. The van der Waals surface area contributed by atoms with Crippen LogP contribution in [0.25, 0.3) is 0 Å². The lowest BCUT2D eigenvalue weighted by molar-refractivity contribution is 0.1000. The number of hydrogen-bond donors (Lipinski definition) is 2. The molecule has 0 unspecified atom stereocenters. The molecule has 1 heterocycles. The SMILES string of the molecule is N#Cc1ccc(Oc2ccc(C(N)=O)cn2)c(N)c1. The van der Waals surface area contributed by atoms with Crippen molar-refractivity contribution in [2.45, 2.75) is 0 Å². The Balaban J connectivity index is 2.22. The summed E-state index contributed by atoms with van der Waals surface area (Å²) in [5.74, 6) is 0.108. The first-order chi connectivity index (χ1) is 9.10. The molecular formula is C13H10N4O2. The number of anilines is 1. The molecule has 0 aliphatic heterocycles. The molecule has 2 aromatic rings. The average Bonchev–Trinajstić information content (AvgIpc) is 2.41. The maximum atomic E-state index is 10.9. The summed E-state index contributed by atoms with van der Waals surface area (Å²) in [4.78, 5) is 14.8. The van der Waals surface area contributed by atoms with Crippen LogP contribution in [0.1, 0.15) is 15.9 Å². The van der Waals surface area contributed by atoms with Gasteiger partial charge in [-0.25, -0.2) is 4.98 Å². The minimum atomic E-state index is -0.558. The number of benzene rings is 1. The summed E-state index contributed by atoms with van der Waals surface area (Å²) in [6.07, 6.45) is 1.32. The Labute approximate surface area is 109 Å². The number of aromatic nitrogens is 1. The van der Waals surface area contributed by atoms with Crippen LogP contribution in [-0.2, 0) is 0 Å². The van der Waals surface area contributed by atoms with E-state index in [0.717, 1.165) is 0 Å². The fourth-order valence-corrected chi connectivity index (χ4v) is 1.41. The Morgan fingerprint density at radius 1 is 1.32 bits per heavy atom. The van der Waals surface area contributed by atoms with Gasteiger partial charge >= 0.3 is 0 Å². The number of rotatable bonds is 3. The van der Waals surface area contributed by atoms with Crippen molar-refractivity contribution in [1.29, 1.82) is 5.26 Å². The molecule has 0 fully saturated rings. The highest BCUT2D eigenvalue weighted by Crippen LogP contribution is 2.26. The van der Waals surface area contributed by atoms with Gasteiger partial charge in [0.15, 0.2) is 5.75 Å². The molecule has 0 aliphatic carbocycles. The summed E-state index contributed by atoms with van der Waals surface area (Å²) < 4.78 is 5.45. The smallest absolute Gasteiger partial charge is 0.250 e. The predicted molar refractivity (Wildman–Crippen MR) is 68.4 cm³/mol. The fourth-order valence-electron chi connectivity index (χ4n) is 1.41. The van der Waals surface area contributed by atoms with Gasteiger partial charge in [-0.2, -0.15) is 5.26 Å². The first-order valence-corrected chi connectivity index (χ1v) is 5.33. The van der Waals surface area contributed by atoms with Crippen molar-refractivity contribution in [1.82, 2.24) is 4.98 Å². The van der Waals surface area contributed by atoms with Crippen LogP contribution < -0.4 is 16.2 Å². The van der Waals surface area contributed by atoms with E-state index in [1.165, 1.54) is 24.4 Å². The van der Waals surface area contributed by atoms with Crippen molar-refractivity contribution >= 4 is 11.6 Å². The van der Waals surface area contributed by atoms with Gasteiger partial charge in [0, 0.05) is 12.3 Å². The molecule has 0 saturated heterocycles. The van der Waals surface area contributed by atoms with E-state index in [9.17, 15) is 4.79 Å². The van der Waals surface area contributed by atoms with Crippen LogP contribution in [0.3, 0.4) is 0 Å². The van der Waals surface area contributed by atoms with E-state index in [4.69, 9.17) is 21.5 Å². The number of nitrogens with zero attached hydrogens (tertiary/aromatic N) is 2. The van der Waals surface area contributed by atoms with E-state index < -0.39 is 5.91 Å². The first kappa shape index (κ1) is 12.4. The van der Waals surface area contributed by atoms with E-state index in [2.05, 4.69) is 4.98 Å². The molecule has 6 nitrogen and oxygen atoms in total. The molecule has 1 aromatic carbocycles. The Hall–Kier alpha value is -3.07. The Bertz CT molecular complexity index is 659. The van der Waals surface area contributed by atoms with E-state index >= 15 is 0 Å². The van der Waals surface area contributed by atoms with E-state index in [1.54, 1.807) is 12.1 Å². The van der Waals surface area contributed by atoms with Crippen molar-refractivity contribution in [2.24, 2.45) is 5.73 Å². The molecule has 0 atom stereocenters. The number of carbonyl (C=O) groups is 1. The number of amides is 1. The maximum Gasteiger partial charge on any atom is 0.250 e. The molecule has 1 aromatic heterocycles. The lowest BCUT2D eigenvalue weighted by Crippen LogP contribution is -2.10. The topological polar surface area (TPSA) is 115 Å². The van der Waals surface area contributed by atoms with Gasteiger partial charge < -0.3 is 16.2 Å². The first-order valence-electron chi connectivity index (χ1n) is 5.33. The molecule has 0 aliphatic rings. The molecule has 0 saturated carbocycles. The summed E-state index contributed by atoms with van der Waals surface area (Å²) in [6.45, 7) is 0. The number of carbonyl (C=O) groups excluding carboxylic acids is 1. The molecule has 2 rings (SSSR count). The van der Waals surface area contributed by atoms with Gasteiger partial charge in [0.2, 0.25) is 11.8 Å². The number of pyridine rings is 1. The normalized spacial score (nSPS) is 9.63. The minimum absolute atomic E-state index is 0.279. The van der Waals surface area contributed by atoms with Gasteiger partial charge in [-0.1, -0.05) is 0 Å². The van der Waals surface area contributed by atoms with Gasteiger partial charge in [-0.15, -0.1) is 0 Å². The molecule has 0 radical (unpaired) electrons. The summed E-state index contributed by atoms with van der Waals surface area (Å²) >= 11 is 0. The average molecular weight is 254 g/mol. The lowest BCUT2D eigenvalue weighted by atomic mass is 10.2. The molecule has 0 spiro atoms. The second-order valence-corrected chi connectivity index (χ2v) is 3.72. The fraction of sp³-hybridized carbons (Fsp3) is 0. The molecule has 94 valence electrons. The second kappa shape index (κ2) is 5.06. The number of nitrogens with two attached hydrogens (primary N) is 2. The summed E-state index contributed by atoms with van der Waals surface area (Å²) in [7, 11) is 0. The molecular weight excluding hydrogens is 244 g/mol. The number of ether oxygens (including phenoxy) is 1. The van der Waals surface area contributed by atoms with Crippen molar-refractivity contribution in [3.05, 3.63) is 47.7 Å². The van der Waals surface area contributed by atoms with E-state index in [-0.39, 0.29) is 5.88 Å². The van der Waals surface area contributed by atoms with Crippen molar-refractivity contribution in [3.63, 3.8) is 0 Å². The third kappa shape index (κ3) is 2.79. The van der Waals surface area contributed by atoms with Gasteiger partial charge in [-0.3, -0.25) is 4.79 Å². The van der Waals surface area contributed by atoms with E-state index in [1.807, 2.05) is 6.07 Å². The molecule has 0 bridgehead atoms. The van der Waals surface area contributed by atoms with Crippen molar-refractivity contribution in [3.8, 4) is 17.7 Å². The van der Waals surface area contributed by atoms with Crippen LogP contribution in [0, 0.1) is 11.3 Å². The quantitative estimate of drug-likeness (QED) is 0.804. The summed E-state index contributed by atoms with van der Waals surface area (Å²) in [5.41, 5.74) is 11.9. The molecule has 19 heavy (non-hydrogen) atoms. The largest absolute Gasteiger partial charge is 0.437 e. The highest BCUT2D eigenvalue weighted by atomic mass is 16.5. The molecule has 6 heteroatoms. The van der Waals surface area contributed by atoms with Crippen LogP contribution in [0.5, 0.6) is 11.6 Å². The third-order valence-corrected chi connectivity index (χ3v) is 2.37. The van der Waals surface area contributed by atoms with Gasteiger partial charge in [-0.05, 0) is 24.3 Å². The van der Waals surface area contributed by atoms with Crippen LogP contribution in [-0.4, -0.2) is 10.9 Å². The zero-order valence-corrected chi connectivity index (χ0v) is 9.83. The highest BCUT2D eigenvalue weighted by Gasteiger charge is 2.06. The maximum absolute atomic E-state index is 10.9. The van der Waals surface area contributed by atoms with Crippen molar-refractivity contribution in [2.75, 3.05) is 5.73 Å². The zero-order chi connectivity index (χ0) is 13.8. The number of nitriles is 1. The third-order valence-electron chi connectivity index (χ3n) is 2.37. The van der Waals surface area contributed by atoms with Gasteiger partial charge in [0.25, 0.3) is 0 Å². The minimum Gasteiger partial charge on any atom is -0.437 e. The lowest BCUT2D eigenvalue weighted by Gasteiger charge is -2.07. The molecule has 4 N–H and O–H groups in total. The van der Waals surface area contributed by atoms with Crippen LogP contribution in [0.15, 0.2) is 36.5 Å². The Kier molecular flexibility index (Phi) is 3.30. The number of hydrogen-bond acceptors (Lipinski definition) is 5. The van der Waals surface area contributed by atoms with Crippen LogP contribution in [0.4, 0.5) is 5.69 Å². The standard InChI is InChI=1S/C13H10N4O2/c14-6-8-1-3-11(10(15)5-8)19-12-4-2-9(7-17-12)13(16)18/h1-5,7H,15H2,(H2,16,18). The number of primary amides is 1.